The Kier molecular flexibility index (Phi) is 9.43. The molecule has 0 unspecified atom stereocenters. The van der Waals surface area contributed by atoms with Crippen molar-refractivity contribution in [3.63, 3.8) is 0 Å². The minimum absolute atomic E-state index is 0.0632. The first kappa shape index (κ1) is 45.2. The van der Waals surface area contributed by atoms with Gasteiger partial charge >= 0.3 is 0 Å². The topological polar surface area (TPSA) is 24.9 Å². The van der Waals surface area contributed by atoms with E-state index >= 15 is 0 Å². The highest BCUT2D eigenvalue weighted by molar-refractivity contribution is 7.02. The molecule has 0 saturated heterocycles. The van der Waals surface area contributed by atoms with E-state index in [4.69, 9.17) is 9.47 Å². The minimum atomic E-state index is -0.0632. The van der Waals surface area contributed by atoms with Crippen LogP contribution in [0.1, 0.15) is 33.4 Å². The van der Waals surface area contributed by atoms with Crippen molar-refractivity contribution in [3.05, 3.63) is 215 Å². The third-order valence-corrected chi connectivity index (χ3v) is 18.1. The van der Waals surface area contributed by atoms with Crippen molar-refractivity contribution in [3.8, 4) is 56.0 Å². The number of nitrogens with zero attached hydrogens (tertiary/aromatic N) is 2. The Bertz CT molecular complexity index is 4280. The van der Waals surface area contributed by atoms with Crippen LogP contribution in [-0.2, 0) is 0 Å². The lowest BCUT2D eigenvalue weighted by molar-refractivity contribution is 0.415. The summed E-state index contributed by atoms with van der Waals surface area (Å²) in [4.78, 5) is 4.94. The van der Waals surface area contributed by atoms with Crippen LogP contribution in [0.15, 0.2) is 182 Å². The van der Waals surface area contributed by atoms with E-state index in [0.717, 1.165) is 34.2 Å². The molecule has 4 aliphatic heterocycles. The van der Waals surface area contributed by atoms with E-state index in [1.165, 1.54) is 154 Å². The number of rotatable bonds is 6. The van der Waals surface area contributed by atoms with E-state index in [9.17, 15) is 0 Å². The largest absolute Gasteiger partial charge is 0.497 e. The summed E-state index contributed by atoms with van der Waals surface area (Å²) >= 11 is 0. The van der Waals surface area contributed by atoms with E-state index in [1.54, 1.807) is 0 Å². The molecular formula is C72H54B2N2O2. The van der Waals surface area contributed by atoms with Gasteiger partial charge in [-0.25, -0.2) is 0 Å². The Morgan fingerprint density at radius 1 is 0.321 bits per heavy atom. The van der Waals surface area contributed by atoms with Gasteiger partial charge in [0.15, 0.2) is 0 Å². The number of ether oxygens (including phenoxy) is 2. The van der Waals surface area contributed by atoms with Crippen LogP contribution in [0, 0.1) is 41.5 Å². The van der Waals surface area contributed by atoms with Gasteiger partial charge in [0, 0.05) is 46.3 Å². The Hall–Kier alpha value is -8.99. The smallest absolute Gasteiger partial charge is 0.248 e. The molecule has 0 spiro atoms. The van der Waals surface area contributed by atoms with Gasteiger partial charge < -0.3 is 19.3 Å². The molecule has 4 aliphatic rings. The summed E-state index contributed by atoms with van der Waals surface area (Å²) in [7, 11) is 3.63. The number of methoxy groups -OCH3 is 2. The lowest BCUT2D eigenvalue weighted by Crippen LogP contribution is -2.60. The first-order valence-electron chi connectivity index (χ1n) is 27.5. The summed E-state index contributed by atoms with van der Waals surface area (Å²) in [5, 5.41) is 7.90. The fraction of sp³-hybridized carbons (Fsp3) is 0.111. The van der Waals surface area contributed by atoms with Gasteiger partial charge in [-0.2, -0.15) is 0 Å². The first-order chi connectivity index (χ1) is 38.1. The number of hydrogen-bond donors (Lipinski definition) is 0. The Morgan fingerprint density at radius 3 is 1.08 bits per heavy atom. The van der Waals surface area contributed by atoms with Crippen molar-refractivity contribution in [1.82, 2.24) is 0 Å². The summed E-state index contributed by atoms with van der Waals surface area (Å²) < 4.78 is 12.8. The van der Waals surface area contributed by atoms with E-state index in [0.29, 0.717) is 0 Å². The third kappa shape index (κ3) is 5.98. The van der Waals surface area contributed by atoms with Gasteiger partial charge in [0.2, 0.25) is 13.4 Å². The lowest BCUT2D eigenvalue weighted by atomic mass is 9.31. The quantitative estimate of drug-likeness (QED) is 0.122. The fourth-order valence-corrected chi connectivity index (χ4v) is 15.5. The van der Waals surface area contributed by atoms with Crippen molar-refractivity contribution in [2.24, 2.45) is 0 Å². The second-order valence-electron chi connectivity index (χ2n) is 22.6. The van der Waals surface area contributed by atoms with Gasteiger partial charge in [0.05, 0.1) is 14.2 Å². The molecule has 16 rings (SSSR count). The molecule has 12 aromatic rings. The lowest BCUT2D eigenvalue weighted by Gasteiger charge is -2.42. The van der Waals surface area contributed by atoms with Crippen molar-refractivity contribution in [2.75, 3.05) is 24.0 Å². The Balaban J connectivity index is 1.15. The van der Waals surface area contributed by atoms with E-state index in [-0.39, 0.29) is 13.4 Å². The number of anilines is 6. The number of aryl methyl sites for hydroxylation is 6. The predicted octanol–water partition coefficient (Wildman–Crippen LogP) is 14.3. The highest BCUT2D eigenvalue weighted by Gasteiger charge is 2.46. The Morgan fingerprint density at radius 2 is 0.692 bits per heavy atom. The van der Waals surface area contributed by atoms with Crippen LogP contribution in [0.3, 0.4) is 0 Å². The highest BCUT2D eigenvalue weighted by Crippen LogP contribution is 2.54. The molecule has 4 nitrogen and oxygen atoms in total. The number of hydrogen-bond acceptors (Lipinski definition) is 4. The van der Waals surface area contributed by atoms with Gasteiger partial charge in [-0.15, -0.1) is 0 Å². The molecule has 370 valence electrons. The molecule has 4 heterocycles. The SMILES string of the molecule is COc1cc2c3c(c1)N(c1ccccc1)c1ccccc1B3c1cc3c(-c4c(C)cc(C)cc4C)cc4c5c(cc6c(-c7c(C)cc(C)cc7C)cc-2c1c6c35)B1c2ccccc2N(c2ccccc2)c2cc(OC)cc-4c21. The number of benzene rings is 12. The maximum absolute atomic E-state index is 6.38. The molecule has 12 aromatic carbocycles. The molecule has 6 heteroatoms. The van der Waals surface area contributed by atoms with Gasteiger partial charge in [0.1, 0.15) is 11.5 Å². The van der Waals surface area contributed by atoms with Crippen LogP contribution in [0.5, 0.6) is 11.5 Å². The van der Waals surface area contributed by atoms with Crippen molar-refractivity contribution < 1.29 is 9.47 Å². The van der Waals surface area contributed by atoms with Crippen LogP contribution in [-0.4, -0.2) is 27.6 Å². The summed E-state index contributed by atoms with van der Waals surface area (Å²) in [6.45, 7) is 13.6. The van der Waals surface area contributed by atoms with Gasteiger partial charge in [0.25, 0.3) is 0 Å². The zero-order valence-electron chi connectivity index (χ0n) is 45.2. The van der Waals surface area contributed by atoms with Crippen LogP contribution in [0.4, 0.5) is 34.1 Å². The van der Waals surface area contributed by atoms with Crippen molar-refractivity contribution >= 4 is 113 Å². The zero-order chi connectivity index (χ0) is 52.6. The van der Waals surface area contributed by atoms with E-state index in [2.05, 4.69) is 233 Å². The van der Waals surface area contributed by atoms with E-state index in [1.807, 2.05) is 14.2 Å². The first-order valence-corrected chi connectivity index (χ1v) is 27.5. The van der Waals surface area contributed by atoms with Crippen LogP contribution < -0.4 is 52.1 Å². The number of fused-ring (bicyclic) bond motifs is 8. The molecule has 0 bridgehead atoms. The van der Waals surface area contributed by atoms with Crippen molar-refractivity contribution in [1.29, 1.82) is 0 Å². The molecule has 0 atom stereocenters. The molecule has 0 aromatic heterocycles. The fourth-order valence-electron chi connectivity index (χ4n) is 15.5. The second-order valence-corrected chi connectivity index (χ2v) is 22.6. The highest BCUT2D eigenvalue weighted by atomic mass is 16.5. The van der Waals surface area contributed by atoms with Crippen LogP contribution in [0.2, 0.25) is 0 Å². The summed E-state index contributed by atoms with van der Waals surface area (Å²) in [6, 6.07) is 69.2. The normalized spacial score (nSPS) is 13.3. The maximum atomic E-state index is 6.38. The van der Waals surface area contributed by atoms with Gasteiger partial charge in [-0.3, -0.25) is 0 Å². The maximum Gasteiger partial charge on any atom is 0.248 e. The third-order valence-electron chi connectivity index (χ3n) is 18.1. The number of para-hydroxylation sites is 4. The average molecular weight is 1000 g/mol. The molecule has 0 N–H and O–H groups in total. The van der Waals surface area contributed by atoms with Gasteiger partial charge in [-0.1, -0.05) is 131 Å². The van der Waals surface area contributed by atoms with E-state index < -0.39 is 0 Å². The van der Waals surface area contributed by atoms with Crippen molar-refractivity contribution in [2.45, 2.75) is 41.5 Å². The Labute approximate surface area is 456 Å². The minimum Gasteiger partial charge on any atom is -0.497 e. The molecule has 0 saturated carbocycles. The monoisotopic (exact) mass is 1000 g/mol. The average Bonchev–Trinajstić information content (AvgIpc) is 3.28. The van der Waals surface area contributed by atoms with Crippen LogP contribution in [0.25, 0.3) is 76.8 Å². The standard InChI is InChI=1S/C72H54B2N2O2/c1-39-27-41(3)65(42(4)28-39)49-35-51-55-31-47(77-7)33-63-71(55)74(58-24-16-18-26-62(58)75(63)45-19-11-9-12-20-45)60-38-54-50(66-43(5)29-40(2)30-44(66)6)36-52-56-32-48(78-8)34-64-72(56)73(59-37-53(49)69(67(51)60)70(54)68(52)59)57-23-15-17-25-61(57)76(64)46-21-13-10-14-22-46/h9-38H,1-8H3. The summed E-state index contributed by atoms with van der Waals surface area (Å²) in [5.74, 6) is 1.68. The van der Waals surface area contributed by atoms with Gasteiger partial charge in [-0.05, 0) is 223 Å². The zero-order valence-corrected chi connectivity index (χ0v) is 45.2. The molecule has 0 fully saturated rings. The molecule has 0 radical (unpaired) electrons. The summed E-state index contributed by atoms with van der Waals surface area (Å²) in [5.41, 5.74) is 32.6. The molecule has 78 heavy (non-hydrogen) atoms. The second kappa shape index (κ2) is 16.3. The molecular weight excluding hydrogens is 946 g/mol. The van der Waals surface area contributed by atoms with Crippen LogP contribution >= 0.6 is 0 Å². The molecule has 0 aliphatic carbocycles. The predicted molar refractivity (Wildman–Crippen MR) is 332 cm³/mol. The molecule has 0 amide bonds. The summed E-state index contributed by atoms with van der Waals surface area (Å²) in [6.07, 6.45) is 0.